The van der Waals surface area contributed by atoms with Crippen molar-refractivity contribution in [3.05, 3.63) is 58.3 Å². The number of anilines is 1. The van der Waals surface area contributed by atoms with Gasteiger partial charge in [0.1, 0.15) is 0 Å². The van der Waals surface area contributed by atoms with Gasteiger partial charge in [0.2, 0.25) is 0 Å². The Labute approximate surface area is 108 Å². The molecule has 0 radical (unpaired) electrons. The Morgan fingerprint density at radius 1 is 1.24 bits per heavy atom. The Morgan fingerprint density at radius 2 is 1.94 bits per heavy atom. The molecule has 1 unspecified atom stereocenters. The molecule has 0 aliphatic heterocycles. The Hall–Kier alpha value is -1.39. The highest BCUT2D eigenvalue weighted by atomic mass is 79.9. The summed E-state index contributed by atoms with van der Waals surface area (Å²) in [5, 5.41) is 10.2. The molecule has 2 rings (SSSR count). The quantitative estimate of drug-likeness (QED) is 0.855. The summed E-state index contributed by atoms with van der Waals surface area (Å²) < 4.78 is 0.912. The van der Waals surface area contributed by atoms with Crippen molar-refractivity contribution in [2.45, 2.75) is 12.5 Å². The van der Waals surface area contributed by atoms with Gasteiger partial charge in [0.15, 0.2) is 0 Å². The molecule has 0 bridgehead atoms. The van der Waals surface area contributed by atoms with Gasteiger partial charge in [0.05, 0.1) is 6.10 Å². The largest absolute Gasteiger partial charge is 0.398 e. The molecule has 0 fully saturated rings. The third kappa shape index (κ3) is 3.05. The van der Waals surface area contributed by atoms with E-state index in [0.29, 0.717) is 12.1 Å². The number of nitrogens with two attached hydrogens (primary N) is 1. The van der Waals surface area contributed by atoms with E-state index in [9.17, 15) is 5.11 Å². The first-order valence-electron chi connectivity index (χ1n) is 5.28. The molecule has 0 aliphatic rings. The molecule has 2 aromatic rings. The van der Waals surface area contributed by atoms with E-state index < -0.39 is 6.10 Å². The minimum Gasteiger partial charge on any atom is -0.398 e. The topological polar surface area (TPSA) is 59.1 Å². The van der Waals surface area contributed by atoms with Crippen LogP contribution in [0.4, 0.5) is 5.69 Å². The van der Waals surface area contributed by atoms with Gasteiger partial charge in [-0.2, -0.15) is 0 Å². The van der Waals surface area contributed by atoms with Crippen LogP contribution in [0.5, 0.6) is 0 Å². The number of hydrogen-bond donors (Lipinski definition) is 2. The van der Waals surface area contributed by atoms with Gasteiger partial charge in [-0.25, -0.2) is 0 Å². The molecule has 4 heteroatoms. The van der Waals surface area contributed by atoms with Crippen LogP contribution in [0.2, 0.25) is 0 Å². The summed E-state index contributed by atoms with van der Waals surface area (Å²) in [4.78, 5) is 3.94. The number of aliphatic hydroxyl groups excluding tert-OH is 1. The maximum absolute atomic E-state index is 10.2. The van der Waals surface area contributed by atoms with Crippen molar-refractivity contribution in [2.75, 3.05) is 5.73 Å². The molecule has 1 aromatic carbocycles. The standard InChI is InChI=1S/C13H13BrN2O/c14-10-1-2-12(15)11(8-10)13(17)7-9-3-5-16-6-4-9/h1-6,8,13,17H,7,15H2. The zero-order valence-corrected chi connectivity index (χ0v) is 10.8. The first-order chi connectivity index (χ1) is 8.16. The second-order valence-electron chi connectivity index (χ2n) is 3.85. The zero-order valence-electron chi connectivity index (χ0n) is 9.18. The van der Waals surface area contributed by atoms with Gasteiger partial charge in [0, 0.05) is 34.5 Å². The van der Waals surface area contributed by atoms with E-state index in [0.717, 1.165) is 15.6 Å². The summed E-state index contributed by atoms with van der Waals surface area (Å²) in [5.74, 6) is 0. The number of nitrogen functional groups attached to an aromatic ring is 1. The molecule has 1 heterocycles. The maximum atomic E-state index is 10.2. The molecule has 0 aliphatic carbocycles. The lowest BCUT2D eigenvalue weighted by Gasteiger charge is -2.13. The SMILES string of the molecule is Nc1ccc(Br)cc1C(O)Cc1ccncc1. The van der Waals surface area contributed by atoms with Crippen LogP contribution >= 0.6 is 15.9 Å². The van der Waals surface area contributed by atoms with Gasteiger partial charge in [-0.15, -0.1) is 0 Å². The van der Waals surface area contributed by atoms with Crippen LogP contribution in [-0.4, -0.2) is 10.1 Å². The summed E-state index contributed by atoms with van der Waals surface area (Å²) in [6, 6.07) is 9.27. The average molecular weight is 293 g/mol. The fraction of sp³-hybridized carbons (Fsp3) is 0.154. The number of aliphatic hydroxyl groups is 1. The first kappa shape index (κ1) is 12.1. The van der Waals surface area contributed by atoms with Crippen molar-refractivity contribution >= 4 is 21.6 Å². The smallest absolute Gasteiger partial charge is 0.0850 e. The summed E-state index contributed by atoms with van der Waals surface area (Å²) >= 11 is 3.37. The minimum atomic E-state index is -0.602. The van der Waals surface area contributed by atoms with E-state index in [-0.39, 0.29) is 0 Å². The van der Waals surface area contributed by atoms with Gasteiger partial charge in [-0.05, 0) is 35.9 Å². The first-order valence-corrected chi connectivity index (χ1v) is 6.08. The summed E-state index contributed by atoms with van der Waals surface area (Å²) in [7, 11) is 0. The number of aromatic nitrogens is 1. The van der Waals surface area contributed by atoms with Crippen LogP contribution in [-0.2, 0) is 6.42 Å². The molecule has 0 amide bonds. The van der Waals surface area contributed by atoms with Crippen molar-refractivity contribution in [2.24, 2.45) is 0 Å². The summed E-state index contributed by atoms with van der Waals surface area (Å²) in [6.45, 7) is 0. The molecule has 0 saturated heterocycles. The fourth-order valence-corrected chi connectivity index (χ4v) is 2.07. The lowest BCUT2D eigenvalue weighted by molar-refractivity contribution is 0.179. The molecular weight excluding hydrogens is 280 g/mol. The molecule has 17 heavy (non-hydrogen) atoms. The number of nitrogens with zero attached hydrogens (tertiary/aromatic N) is 1. The van der Waals surface area contributed by atoms with Gasteiger partial charge in [-0.1, -0.05) is 15.9 Å². The Morgan fingerprint density at radius 3 is 2.65 bits per heavy atom. The van der Waals surface area contributed by atoms with Gasteiger partial charge in [0.25, 0.3) is 0 Å². The van der Waals surface area contributed by atoms with Crippen LogP contribution in [0.15, 0.2) is 47.2 Å². The van der Waals surface area contributed by atoms with Gasteiger partial charge < -0.3 is 10.8 Å². The van der Waals surface area contributed by atoms with Crippen molar-refractivity contribution in [3.8, 4) is 0 Å². The number of rotatable bonds is 3. The number of hydrogen-bond acceptors (Lipinski definition) is 3. The third-order valence-corrected chi connectivity index (χ3v) is 3.08. The summed E-state index contributed by atoms with van der Waals surface area (Å²) in [6.07, 6.45) is 3.36. The van der Waals surface area contributed by atoms with Crippen LogP contribution in [0, 0.1) is 0 Å². The molecule has 1 atom stereocenters. The zero-order chi connectivity index (χ0) is 12.3. The van der Waals surface area contributed by atoms with Crippen LogP contribution in [0.3, 0.4) is 0 Å². The maximum Gasteiger partial charge on any atom is 0.0850 e. The molecule has 88 valence electrons. The lowest BCUT2D eigenvalue weighted by Crippen LogP contribution is -2.05. The highest BCUT2D eigenvalue weighted by Gasteiger charge is 2.12. The highest BCUT2D eigenvalue weighted by Crippen LogP contribution is 2.26. The summed E-state index contributed by atoms with van der Waals surface area (Å²) in [5.41, 5.74) is 8.24. The van der Waals surface area contributed by atoms with E-state index in [2.05, 4.69) is 20.9 Å². The van der Waals surface area contributed by atoms with E-state index >= 15 is 0 Å². The van der Waals surface area contributed by atoms with E-state index in [1.54, 1.807) is 18.5 Å². The van der Waals surface area contributed by atoms with E-state index in [1.807, 2.05) is 24.3 Å². The number of benzene rings is 1. The highest BCUT2D eigenvalue weighted by molar-refractivity contribution is 9.10. The average Bonchev–Trinajstić information content (AvgIpc) is 2.33. The van der Waals surface area contributed by atoms with Gasteiger partial charge >= 0.3 is 0 Å². The second-order valence-corrected chi connectivity index (χ2v) is 4.76. The monoisotopic (exact) mass is 292 g/mol. The molecule has 3 nitrogen and oxygen atoms in total. The van der Waals surface area contributed by atoms with Crippen LogP contribution in [0.25, 0.3) is 0 Å². The normalized spacial score (nSPS) is 12.4. The molecular formula is C13H13BrN2O. The molecule has 3 N–H and O–H groups in total. The fourth-order valence-electron chi connectivity index (χ4n) is 1.69. The Kier molecular flexibility index (Phi) is 3.76. The van der Waals surface area contributed by atoms with E-state index in [4.69, 9.17) is 5.73 Å². The van der Waals surface area contributed by atoms with Crippen molar-refractivity contribution < 1.29 is 5.11 Å². The molecule has 1 aromatic heterocycles. The predicted octanol–water partition coefficient (Wildman–Crippen LogP) is 2.70. The third-order valence-electron chi connectivity index (χ3n) is 2.59. The number of pyridine rings is 1. The second kappa shape index (κ2) is 5.29. The Balaban J connectivity index is 2.20. The van der Waals surface area contributed by atoms with Crippen LogP contribution in [0.1, 0.15) is 17.2 Å². The van der Waals surface area contributed by atoms with E-state index in [1.165, 1.54) is 0 Å². The molecule has 0 saturated carbocycles. The van der Waals surface area contributed by atoms with Crippen LogP contribution < -0.4 is 5.73 Å². The molecule has 0 spiro atoms. The number of halogens is 1. The van der Waals surface area contributed by atoms with Crippen molar-refractivity contribution in [3.63, 3.8) is 0 Å². The van der Waals surface area contributed by atoms with Gasteiger partial charge in [-0.3, -0.25) is 4.98 Å². The minimum absolute atomic E-state index is 0.531. The predicted molar refractivity (Wildman–Crippen MR) is 71.5 cm³/mol. The lowest BCUT2D eigenvalue weighted by atomic mass is 10.0. The Bertz CT molecular complexity index is 502. The van der Waals surface area contributed by atoms with Crippen molar-refractivity contribution in [1.82, 2.24) is 4.98 Å². The van der Waals surface area contributed by atoms with Crippen molar-refractivity contribution in [1.29, 1.82) is 0 Å².